The molecule has 1 unspecified atom stereocenters. The normalized spacial score (nSPS) is 19.2. The van der Waals surface area contributed by atoms with Gasteiger partial charge in [0.2, 0.25) is 5.91 Å². The van der Waals surface area contributed by atoms with Crippen molar-refractivity contribution in [3.63, 3.8) is 0 Å². The Labute approximate surface area is 125 Å². The fourth-order valence-corrected chi connectivity index (χ4v) is 3.14. The zero-order valence-corrected chi connectivity index (χ0v) is 12.6. The lowest BCUT2D eigenvalue weighted by Gasteiger charge is -2.13. The Morgan fingerprint density at radius 1 is 1.43 bits per heavy atom. The van der Waals surface area contributed by atoms with Crippen LogP contribution in [0.5, 0.6) is 0 Å². The number of para-hydroxylation sites is 1. The molecule has 1 aromatic heterocycles. The highest BCUT2D eigenvalue weighted by Crippen LogP contribution is 2.18. The average Bonchev–Trinajstić information content (AvgIpc) is 3.12. The second-order valence-corrected chi connectivity index (χ2v) is 5.89. The van der Waals surface area contributed by atoms with Crippen LogP contribution in [0.2, 0.25) is 0 Å². The second-order valence-electron chi connectivity index (χ2n) is 5.89. The summed E-state index contributed by atoms with van der Waals surface area (Å²) < 4.78 is 0. The summed E-state index contributed by atoms with van der Waals surface area (Å²) in [5.74, 6) is 0.728. The first-order chi connectivity index (χ1) is 10.3. The maximum atomic E-state index is 12.1. The molecule has 0 spiro atoms. The molecule has 2 N–H and O–H groups in total. The Bertz CT molecular complexity index is 619. The second kappa shape index (κ2) is 6.31. The van der Waals surface area contributed by atoms with Crippen LogP contribution in [0.25, 0.3) is 10.9 Å². The van der Waals surface area contributed by atoms with Crippen molar-refractivity contribution in [2.75, 3.05) is 26.2 Å². The van der Waals surface area contributed by atoms with Gasteiger partial charge in [-0.05, 0) is 37.1 Å². The van der Waals surface area contributed by atoms with Gasteiger partial charge in [0.25, 0.3) is 0 Å². The van der Waals surface area contributed by atoms with Crippen LogP contribution in [-0.2, 0) is 11.2 Å². The first kappa shape index (κ1) is 14.1. The third-order valence-corrected chi connectivity index (χ3v) is 4.43. The predicted octanol–water partition coefficient (Wildman–Crippen LogP) is 2.17. The van der Waals surface area contributed by atoms with E-state index in [0.717, 1.165) is 36.1 Å². The molecule has 0 saturated carbocycles. The summed E-state index contributed by atoms with van der Waals surface area (Å²) >= 11 is 0. The maximum absolute atomic E-state index is 12.1. The van der Waals surface area contributed by atoms with Crippen LogP contribution < -0.4 is 5.32 Å². The lowest BCUT2D eigenvalue weighted by atomic mass is 10.1. The molecule has 3 rings (SSSR count). The summed E-state index contributed by atoms with van der Waals surface area (Å²) in [5.41, 5.74) is 2.17. The standard InChI is InChI=1S/C17H23N3O/c1-2-20-8-7-13(12-20)10-19-17(21)9-14-11-18-16-6-4-3-5-15(14)16/h3-6,11,13,18H,2,7-10,12H2,1H3,(H,19,21). The predicted molar refractivity (Wildman–Crippen MR) is 85.2 cm³/mol. The van der Waals surface area contributed by atoms with Crippen LogP contribution in [-0.4, -0.2) is 42.0 Å². The molecule has 2 heterocycles. The van der Waals surface area contributed by atoms with Gasteiger partial charge in [-0.25, -0.2) is 0 Å². The molecule has 0 radical (unpaired) electrons. The highest BCUT2D eigenvalue weighted by Gasteiger charge is 2.21. The molecule has 1 amide bonds. The number of carbonyl (C=O) groups is 1. The minimum Gasteiger partial charge on any atom is -0.361 e. The molecule has 4 heteroatoms. The van der Waals surface area contributed by atoms with Crippen LogP contribution >= 0.6 is 0 Å². The largest absolute Gasteiger partial charge is 0.361 e. The Morgan fingerprint density at radius 3 is 3.10 bits per heavy atom. The zero-order valence-electron chi connectivity index (χ0n) is 12.6. The number of nitrogens with zero attached hydrogens (tertiary/aromatic N) is 1. The molecule has 4 nitrogen and oxygen atoms in total. The number of benzene rings is 1. The molecule has 1 saturated heterocycles. The van der Waals surface area contributed by atoms with Gasteiger partial charge in [-0.3, -0.25) is 4.79 Å². The first-order valence-corrected chi connectivity index (χ1v) is 7.80. The molecule has 112 valence electrons. The third-order valence-electron chi connectivity index (χ3n) is 4.43. The fourth-order valence-electron chi connectivity index (χ4n) is 3.14. The molecule has 0 bridgehead atoms. The highest BCUT2D eigenvalue weighted by atomic mass is 16.1. The summed E-state index contributed by atoms with van der Waals surface area (Å²) in [5, 5.41) is 4.24. The number of fused-ring (bicyclic) bond motifs is 1. The van der Waals surface area contributed by atoms with E-state index >= 15 is 0 Å². The summed E-state index contributed by atoms with van der Waals surface area (Å²) in [4.78, 5) is 17.8. The molecule has 2 aromatic rings. The molecule has 1 aliphatic heterocycles. The van der Waals surface area contributed by atoms with Gasteiger partial charge < -0.3 is 15.2 Å². The molecular weight excluding hydrogens is 262 g/mol. The number of amides is 1. The van der Waals surface area contributed by atoms with Crippen molar-refractivity contribution in [3.8, 4) is 0 Å². The van der Waals surface area contributed by atoms with Crippen molar-refractivity contribution in [2.24, 2.45) is 5.92 Å². The maximum Gasteiger partial charge on any atom is 0.224 e. The Hall–Kier alpha value is -1.81. The first-order valence-electron chi connectivity index (χ1n) is 7.80. The van der Waals surface area contributed by atoms with Crippen LogP contribution in [0.1, 0.15) is 18.9 Å². The van der Waals surface area contributed by atoms with E-state index in [4.69, 9.17) is 0 Å². The fraction of sp³-hybridized carbons (Fsp3) is 0.471. The van der Waals surface area contributed by atoms with E-state index < -0.39 is 0 Å². The lowest BCUT2D eigenvalue weighted by molar-refractivity contribution is -0.120. The lowest BCUT2D eigenvalue weighted by Crippen LogP contribution is -2.31. The van der Waals surface area contributed by atoms with Crippen molar-refractivity contribution in [2.45, 2.75) is 19.8 Å². The Balaban J connectivity index is 1.52. The van der Waals surface area contributed by atoms with Crippen molar-refractivity contribution in [1.82, 2.24) is 15.2 Å². The molecular formula is C17H23N3O. The summed E-state index contributed by atoms with van der Waals surface area (Å²) in [6.07, 6.45) is 3.59. The Morgan fingerprint density at radius 2 is 2.29 bits per heavy atom. The van der Waals surface area contributed by atoms with Crippen LogP contribution in [0.15, 0.2) is 30.5 Å². The van der Waals surface area contributed by atoms with Gasteiger partial charge >= 0.3 is 0 Å². The molecule has 1 fully saturated rings. The van der Waals surface area contributed by atoms with Gasteiger partial charge in [0.15, 0.2) is 0 Å². The van der Waals surface area contributed by atoms with Gasteiger partial charge in [-0.15, -0.1) is 0 Å². The number of aromatic amines is 1. The van der Waals surface area contributed by atoms with Crippen molar-refractivity contribution < 1.29 is 4.79 Å². The average molecular weight is 285 g/mol. The van der Waals surface area contributed by atoms with Crippen LogP contribution in [0.3, 0.4) is 0 Å². The third kappa shape index (κ3) is 3.27. The zero-order chi connectivity index (χ0) is 14.7. The molecule has 0 aliphatic carbocycles. The molecule has 1 aliphatic rings. The molecule has 21 heavy (non-hydrogen) atoms. The van der Waals surface area contributed by atoms with Gasteiger partial charge in [0.05, 0.1) is 6.42 Å². The number of likely N-dealkylation sites (tertiary alicyclic amines) is 1. The SMILES string of the molecule is CCN1CCC(CNC(=O)Cc2c[nH]c3ccccc23)C1. The van der Waals surface area contributed by atoms with Crippen molar-refractivity contribution >= 4 is 16.8 Å². The number of hydrogen-bond donors (Lipinski definition) is 2. The summed E-state index contributed by atoms with van der Waals surface area (Å²) in [7, 11) is 0. The van der Waals surface area contributed by atoms with Crippen LogP contribution in [0, 0.1) is 5.92 Å². The van der Waals surface area contributed by atoms with Crippen molar-refractivity contribution in [1.29, 1.82) is 0 Å². The van der Waals surface area contributed by atoms with E-state index in [-0.39, 0.29) is 5.91 Å². The minimum absolute atomic E-state index is 0.120. The van der Waals surface area contributed by atoms with Crippen molar-refractivity contribution in [3.05, 3.63) is 36.0 Å². The smallest absolute Gasteiger partial charge is 0.224 e. The van der Waals surface area contributed by atoms with E-state index in [1.54, 1.807) is 0 Å². The minimum atomic E-state index is 0.120. The Kier molecular flexibility index (Phi) is 4.25. The quantitative estimate of drug-likeness (QED) is 0.884. The number of nitrogens with one attached hydrogen (secondary N) is 2. The van der Waals surface area contributed by atoms with E-state index in [1.165, 1.54) is 13.0 Å². The summed E-state index contributed by atoms with van der Waals surface area (Å²) in [6.45, 7) is 6.39. The van der Waals surface area contributed by atoms with Gasteiger partial charge in [-0.1, -0.05) is 25.1 Å². The van der Waals surface area contributed by atoms with Gasteiger partial charge in [0.1, 0.15) is 0 Å². The van der Waals surface area contributed by atoms with Crippen LogP contribution in [0.4, 0.5) is 0 Å². The molecule has 1 atom stereocenters. The number of rotatable bonds is 5. The number of hydrogen-bond acceptors (Lipinski definition) is 2. The number of aromatic nitrogens is 1. The van der Waals surface area contributed by atoms with Gasteiger partial charge in [0, 0.05) is 30.2 Å². The topological polar surface area (TPSA) is 48.1 Å². The van der Waals surface area contributed by atoms with Gasteiger partial charge in [-0.2, -0.15) is 0 Å². The monoisotopic (exact) mass is 285 g/mol. The van der Waals surface area contributed by atoms with E-state index in [2.05, 4.69) is 28.2 Å². The van der Waals surface area contributed by atoms with E-state index in [1.807, 2.05) is 24.4 Å². The van der Waals surface area contributed by atoms with E-state index in [0.29, 0.717) is 12.3 Å². The number of H-pyrrole nitrogens is 1. The number of carbonyl (C=O) groups excluding carboxylic acids is 1. The summed E-state index contributed by atoms with van der Waals surface area (Å²) in [6, 6.07) is 8.11. The highest BCUT2D eigenvalue weighted by molar-refractivity contribution is 5.88. The van der Waals surface area contributed by atoms with E-state index in [9.17, 15) is 4.79 Å². The molecule has 1 aromatic carbocycles.